The van der Waals surface area contributed by atoms with E-state index >= 15 is 0 Å². The fraction of sp³-hybridized carbons (Fsp3) is 0.0667. The summed E-state index contributed by atoms with van der Waals surface area (Å²) < 4.78 is 6.56. The van der Waals surface area contributed by atoms with Gasteiger partial charge in [0.2, 0.25) is 5.89 Å². The SMILES string of the molecule is O=[N+]([O-])c1cc(Cl)cc(CSc2nnc(-c3ccc(Br)cc3)o2)c1. The van der Waals surface area contributed by atoms with Gasteiger partial charge in [0, 0.05) is 32.9 Å². The van der Waals surface area contributed by atoms with Crippen LogP contribution in [0.15, 0.2) is 56.6 Å². The number of halogens is 2. The average Bonchev–Trinajstić information content (AvgIpc) is 3.02. The van der Waals surface area contributed by atoms with E-state index in [1.54, 1.807) is 6.07 Å². The van der Waals surface area contributed by atoms with Crippen molar-refractivity contribution in [3.8, 4) is 11.5 Å². The van der Waals surface area contributed by atoms with Crippen LogP contribution in [0.25, 0.3) is 11.5 Å². The third kappa shape index (κ3) is 4.14. The number of thioether (sulfide) groups is 1. The van der Waals surface area contributed by atoms with Gasteiger partial charge in [0.05, 0.1) is 4.92 Å². The minimum absolute atomic E-state index is 0.0424. The standard InChI is InChI=1S/C15H9BrClN3O3S/c16-11-3-1-10(2-4-11)14-18-19-15(23-14)24-8-9-5-12(17)7-13(6-9)20(21)22/h1-7H,8H2. The summed E-state index contributed by atoms with van der Waals surface area (Å²) in [5, 5.41) is 19.5. The summed E-state index contributed by atoms with van der Waals surface area (Å²) in [6.07, 6.45) is 0. The molecule has 0 fully saturated rings. The van der Waals surface area contributed by atoms with Crippen molar-refractivity contribution in [3.63, 3.8) is 0 Å². The molecule has 122 valence electrons. The molecule has 3 aromatic rings. The Morgan fingerprint density at radius 3 is 2.67 bits per heavy atom. The number of nitro groups is 1. The number of rotatable bonds is 5. The third-order valence-corrected chi connectivity index (χ3v) is 4.65. The van der Waals surface area contributed by atoms with E-state index in [1.807, 2.05) is 24.3 Å². The van der Waals surface area contributed by atoms with Crippen molar-refractivity contribution in [1.29, 1.82) is 0 Å². The third-order valence-electron chi connectivity index (χ3n) is 3.01. The van der Waals surface area contributed by atoms with Gasteiger partial charge in [-0.1, -0.05) is 39.3 Å². The molecule has 0 aliphatic carbocycles. The molecule has 0 bridgehead atoms. The maximum absolute atomic E-state index is 10.9. The summed E-state index contributed by atoms with van der Waals surface area (Å²) in [5.41, 5.74) is 1.48. The van der Waals surface area contributed by atoms with E-state index in [1.165, 1.54) is 23.9 Å². The van der Waals surface area contributed by atoms with Gasteiger partial charge in [-0.25, -0.2) is 0 Å². The maximum Gasteiger partial charge on any atom is 0.277 e. The van der Waals surface area contributed by atoms with Gasteiger partial charge in [-0.15, -0.1) is 10.2 Å². The normalized spacial score (nSPS) is 10.8. The molecular weight excluding hydrogens is 418 g/mol. The highest BCUT2D eigenvalue weighted by molar-refractivity contribution is 9.10. The first-order chi connectivity index (χ1) is 11.5. The molecule has 0 aliphatic heterocycles. The quantitative estimate of drug-likeness (QED) is 0.310. The summed E-state index contributed by atoms with van der Waals surface area (Å²) in [6.45, 7) is 0. The number of hydrogen-bond donors (Lipinski definition) is 0. The van der Waals surface area contributed by atoms with E-state index in [-0.39, 0.29) is 5.69 Å². The molecule has 0 aliphatic rings. The summed E-state index contributed by atoms with van der Waals surface area (Å²) >= 11 is 10.6. The first-order valence-corrected chi connectivity index (χ1v) is 8.83. The molecule has 24 heavy (non-hydrogen) atoms. The van der Waals surface area contributed by atoms with Crippen molar-refractivity contribution in [2.45, 2.75) is 11.0 Å². The summed E-state index contributed by atoms with van der Waals surface area (Å²) in [5.74, 6) is 0.852. The minimum Gasteiger partial charge on any atom is -0.411 e. The maximum atomic E-state index is 10.9. The Balaban J connectivity index is 1.72. The molecule has 2 aromatic carbocycles. The summed E-state index contributed by atoms with van der Waals surface area (Å²) in [4.78, 5) is 10.4. The van der Waals surface area contributed by atoms with Crippen LogP contribution in [0, 0.1) is 10.1 Å². The second-order valence-corrected chi connectivity index (χ2v) is 7.02. The molecule has 6 nitrogen and oxygen atoms in total. The van der Waals surface area contributed by atoms with Crippen LogP contribution in [-0.2, 0) is 5.75 Å². The second-order valence-electron chi connectivity index (χ2n) is 4.74. The molecule has 0 atom stereocenters. The lowest BCUT2D eigenvalue weighted by Gasteiger charge is -2.00. The van der Waals surface area contributed by atoms with E-state index < -0.39 is 4.92 Å². The van der Waals surface area contributed by atoms with Crippen LogP contribution < -0.4 is 0 Å². The first-order valence-electron chi connectivity index (χ1n) is 6.67. The lowest BCUT2D eigenvalue weighted by molar-refractivity contribution is -0.384. The molecule has 0 saturated carbocycles. The van der Waals surface area contributed by atoms with Gasteiger partial charge in [-0.3, -0.25) is 10.1 Å². The number of nitrogens with zero attached hydrogens (tertiary/aromatic N) is 3. The zero-order valence-corrected chi connectivity index (χ0v) is 15.1. The number of non-ortho nitro benzene ring substituents is 1. The Morgan fingerprint density at radius 2 is 1.96 bits per heavy atom. The Hall–Kier alpha value is -1.90. The molecule has 9 heteroatoms. The highest BCUT2D eigenvalue weighted by Gasteiger charge is 2.12. The van der Waals surface area contributed by atoms with Crippen LogP contribution in [0.3, 0.4) is 0 Å². The second kappa shape index (κ2) is 7.33. The molecule has 1 aromatic heterocycles. The zero-order chi connectivity index (χ0) is 17.1. The minimum atomic E-state index is -0.474. The van der Waals surface area contributed by atoms with E-state index in [4.69, 9.17) is 16.0 Å². The van der Waals surface area contributed by atoms with E-state index in [9.17, 15) is 10.1 Å². The lowest BCUT2D eigenvalue weighted by Crippen LogP contribution is -1.90. The molecule has 0 unspecified atom stereocenters. The van der Waals surface area contributed by atoms with Gasteiger partial charge in [0.25, 0.3) is 10.9 Å². The van der Waals surface area contributed by atoms with Crippen LogP contribution in [0.5, 0.6) is 0 Å². The lowest BCUT2D eigenvalue weighted by atomic mass is 10.2. The van der Waals surface area contributed by atoms with Gasteiger partial charge in [0.15, 0.2) is 0 Å². The fourth-order valence-electron chi connectivity index (χ4n) is 1.94. The Bertz CT molecular complexity index is 886. The van der Waals surface area contributed by atoms with Crippen molar-refractivity contribution in [2.75, 3.05) is 0 Å². The van der Waals surface area contributed by atoms with E-state index in [0.29, 0.717) is 27.5 Å². The molecule has 3 rings (SSSR count). The fourth-order valence-corrected chi connectivity index (χ4v) is 3.15. The molecule has 0 radical (unpaired) electrons. The zero-order valence-electron chi connectivity index (χ0n) is 12.0. The Kier molecular flexibility index (Phi) is 5.17. The number of benzene rings is 2. The highest BCUT2D eigenvalue weighted by Crippen LogP contribution is 2.29. The van der Waals surface area contributed by atoms with Crippen LogP contribution in [0.1, 0.15) is 5.56 Å². The molecule has 0 spiro atoms. The molecule has 1 heterocycles. The smallest absolute Gasteiger partial charge is 0.277 e. The highest BCUT2D eigenvalue weighted by atomic mass is 79.9. The van der Waals surface area contributed by atoms with Crippen molar-refractivity contribution in [1.82, 2.24) is 10.2 Å². The summed E-state index contributed by atoms with van der Waals surface area (Å²) in [7, 11) is 0. The van der Waals surface area contributed by atoms with Gasteiger partial charge < -0.3 is 4.42 Å². The molecule has 0 saturated heterocycles. The van der Waals surface area contributed by atoms with Crippen molar-refractivity contribution >= 4 is 45.0 Å². The van der Waals surface area contributed by atoms with Crippen molar-refractivity contribution < 1.29 is 9.34 Å². The van der Waals surface area contributed by atoms with Crippen molar-refractivity contribution in [2.24, 2.45) is 0 Å². The summed E-state index contributed by atoms with van der Waals surface area (Å²) in [6, 6.07) is 12.0. The number of hydrogen-bond acceptors (Lipinski definition) is 6. The predicted molar refractivity (Wildman–Crippen MR) is 95.1 cm³/mol. The largest absolute Gasteiger partial charge is 0.411 e. The predicted octanol–water partition coefficient (Wildman–Crippen LogP) is 5.35. The van der Waals surface area contributed by atoms with Crippen LogP contribution in [-0.4, -0.2) is 15.1 Å². The number of nitro benzene ring substituents is 1. The average molecular weight is 427 g/mol. The van der Waals surface area contributed by atoms with E-state index in [0.717, 1.165) is 10.0 Å². The molecular formula is C15H9BrClN3O3S. The number of aromatic nitrogens is 2. The monoisotopic (exact) mass is 425 g/mol. The van der Waals surface area contributed by atoms with Gasteiger partial charge in [-0.05, 0) is 35.9 Å². The van der Waals surface area contributed by atoms with Gasteiger partial charge in [0.1, 0.15) is 0 Å². The molecule has 0 N–H and O–H groups in total. The van der Waals surface area contributed by atoms with Gasteiger partial charge >= 0.3 is 0 Å². The van der Waals surface area contributed by atoms with Gasteiger partial charge in [-0.2, -0.15) is 0 Å². The Labute approximate surface area is 154 Å². The van der Waals surface area contributed by atoms with Crippen molar-refractivity contribution in [3.05, 3.63) is 67.6 Å². The van der Waals surface area contributed by atoms with Crippen LogP contribution >= 0.6 is 39.3 Å². The van der Waals surface area contributed by atoms with Crippen LogP contribution in [0.4, 0.5) is 5.69 Å². The Morgan fingerprint density at radius 1 is 1.21 bits per heavy atom. The van der Waals surface area contributed by atoms with E-state index in [2.05, 4.69) is 26.1 Å². The molecule has 0 amide bonds. The first kappa shape index (κ1) is 16.9. The topological polar surface area (TPSA) is 82.1 Å². The van der Waals surface area contributed by atoms with Crippen LogP contribution in [0.2, 0.25) is 5.02 Å².